The monoisotopic (exact) mass is 435 g/mol. The molecule has 1 N–H and O–H groups in total. The van der Waals surface area contributed by atoms with Gasteiger partial charge in [-0.15, -0.1) is 0 Å². The first-order chi connectivity index (χ1) is 15.0. The number of amides is 1. The number of hydrogen-bond donors (Lipinski definition) is 1. The predicted octanol–water partition coefficient (Wildman–Crippen LogP) is 5.63. The van der Waals surface area contributed by atoms with Crippen molar-refractivity contribution in [1.29, 1.82) is 0 Å². The van der Waals surface area contributed by atoms with Gasteiger partial charge in [0.15, 0.2) is 11.6 Å². The molecule has 0 aliphatic carbocycles. The molecular weight excluding hydrogens is 414 g/mol. The summed E-state index contributed by atoms with van der Waals surface area (Å²) in [5.41, 5.74) is 3.30. The number of halogens is 1. The Morgan fingerprint density at radius 1 is 1.10 bits per heavy atom. The van der Waals surface area contributed by atoms with E-state index in [1.807, 2.05) is 31.3 Å². The van der Waals surface area contributed by atoms with Gasteiger partial charge in [-0.2, -0.15) is 5.10 Å². The topological polar surface area (TPSA) is 69.3 Å². The van der Waals surface area contributed by atoms with Crippen LogP contribution in [-0.2, 0) is 13.2 Å². The van der Waals surface area contributed by atoms with Crippen LogP contribution in [0.3, 0.4) is 0 Å². The van der Waals surface area contributed by atoms with Crippen LogP contribution in [0.25, 0.3) is 0 Å². The number of ether oxygens (including phenoxy) is 1. The number of carbonyl (C=O) groups is 1. The average Bonchev–Trinajstić information content (AvgIpc) is 3.40. The third-order valence-electron chi connectivity index (χ3n) is 4.87. The Kier molecular flexibility index (Phi) is 6.09. The number of aryl methyl sites for hydroxylation is 2. The zero-order valence-electron chi connectivity index (χ0n) is 17.3. The van der Waals surface area contributed by atoms with E-state index in [1.165, 1.54) is 11.1 Å². The van der Waals surface area contributed by atoms with Crippen LogP contribution in [0.15, 0.2) is 71.3 Å². The summed E-state index contributed by atoms with van der Waals surface area (Å²) in [5, 5.41) is 7.86. The summed E-state index contributed by atoms with van der Waals surface area (Å²) >= 11 is 6.03. The first kappa shape index (κ1) is 20.8. The molecule has 1 amide bonds. The number of hydrogen-bond acceptors (Lipinski definition) is 4. The van der Waals surface area contributed by atoms with E-state index in [1.54, 1.807) is 35.0 Å². The van der Waals surface area contributed by atoms with Gasteiger partial charge < -0.3 is 14.5 Å². The number of carbonyl (C=O) groups excluding carboxylic acids is 1. The summed E-state index contributed by atoms with van der Waals surface area (Å²) in [5.74, 6) is 1.52. The minimum Gasteiger partial charge on any atom is -0.486 e. The second kappa shape index (κ2) is 9.10. The maximum absolute atomic E-state index is 12.5. The number of benzene rings is 2. The van der Waals surface area contributed by atoms with Crippen LogP contribution in [0.1, 0.15) is 33.0 Å². The Hall–Kier alpha value is -3.51. The molecule has 6 nitrogen and oxygen atoms in total. The highest BCUT2D eigenvalue weighted by molar-refractivity contribution is 6.31. The fourth-order valence-corrected chi connectivity index (χ4v) is 3.21. The largest absolute Gasteiger partial charge is 0.486 e. The van der Waals surface area contributed by atoms with E-state index in [2.05, 4.69) is 29.5 Å². The third kappa shape index (κ3) is 5.16. The lowest BCUT2D eigenvalue weighted by Crippen LogP contribution is -2.12. The van der Waals surface area contributed by atoms with Crippen molar-refractivity contribution < 1.29 is 13.9 Å². The predicted molar refractivity (Wildman–Crippen MR) is 120 cm³/mol. The van der Waals surface area contributed by atoms with Crippen LogP contribution in [0.4, 0.5) is 5.82 Å². The molecule has 0 aliphatic rings. The highest BCUT2D eigenvalue weighted by atomic mass is 35.5. The summed E-state index contributed by atoms with van der Waals surface area (Å²) < 4.78 is 13.1. The van der Waals surface area contributed by atoms with Gasteiger partial charge in [0.25, 0.3) is 5.91 Å². The van der Waals surface area contributed by atoms with Crippen LogP contribution < -0.4 is 10.1 Å². The van der Waals surface area contributed by atoms with Crippen LogP contribution in [-0.4, -0.2) is 15.7 Å². The van der Waals surface area contributed by atoms with Crippen molar-refractivity contribution in [2.24, 2.45) is 0 Å². The van der Waals surface area contributed by atoms with Crippen molar-refractivity contribution in [2.45, 2.75) is 27.0 Å². The second-order valence-electron chi connectivity index (χ2n) is 7.24. The Balaban J connectivity index is 1.34. The molecule has 2 aromatic heterocycles. The molecule has 0 fully saturated rings. The first-order valence-electron chi connectivity index (χ1n) is 9.85. The van der Waals surface area contributed by atoms with Gasteiger partial charge in [-0.25, -0.2) is 0 Å². The Morgan fingerprint density at radius 2 is 1.94 bits per heavy atom. The fourth-order valence-electron chi connectivity index (χ4n) is 3.10. The standard InChI is InChI=1S/C24H22ClN3O3/c1-16-5-3-4-6-18(16)14-28-12-11-23(27-28)26-24(29)22-10-8-20(31-22)15-30-19-7-9-21(25)17(2)13-19/h3-13H,14-15H2,1-2H3,(H,26,27,29). The quantitative estimate of drug-likeness (QED) is 0.408. The van der Waals surface area contributed by atoms with Crippen LogP contribution in [0.5, 0.6) is 5.75 Å². The maximum Gasteiger partial charge on any atom is 0.292 e. The van der Waals surface area contributed by atoms with Gasteiger partial charge in [0.05, 0.1) is 6.54 Å². The van der Waals surface area contributed by atoms with Gasteiger partial charge in [-0.1, -0.05) is 35.9 Å². The van der Waals surface area contributed by atoms with E-state index >= 15 is 0 Å². The van der Waals surface area contributed by atoms with E-state index in [0.717, 1.165) is 5.56 Å². The molecule has 2 aromatic carbocycles. The molecule has 0 atom stereocenters. The summed E-state index contributed by atoms with van der Waals surface area (Å²) in [7, 11) is 0. The highest BCUT2D eigenvalue weighted by Crippen LogP contribution is 2.22. The molecule has 7 heteroatoms. The lowest BCUT2D eigenvalue weighted by atomic mass is 10.1. The van der Waals surface area contributed by atoms with E-state index in [0.29, 0.717) is 28.9 Å². The molecule has 0 bridgehead atoms. The molecule has 0 saturated carbocycles. The minimum absolute atomic E-state index is 0.194. The number of anilines is 1. The molecule has 4 aromatic rings. The zero-order valence-corrected chi connectivity index (χ0v) is 18.0. The van der Waals surface area contributed by atoms with Gasteiger partial charge in [0.2, 0.25) is 0 Å². The van der Waals surface area contributed by atoms with Gasteiger partial charge in [-0.3, -0.25) is 9.48 Å². The van der Waals surface area contributed by atoms with Gasteiger partial charge in [0, 0.05) is 17.3 Å². The van der Waals surface area contributed by atoms with Crippen LogP contribution in [0, 0.1) is 13.8 Å². The molecule has 0 radical (unpaired) electrons. The minimum atomic E-state index is -0.366. The second-order valence-corrected chi connectivity index (χ2v) is 7.65. The number of furan rings is 1. The summed E-state index contributed by atoms with van der Waals surface area (Å²) in [6.45, 7) is 4.81. The number of nitrogens with one attached hydrogen (secondary N) is 1. The fraction of sp³-hybridized carbons (Fsp3) is 0.167. The molecule has 2 heterocycles. The van der Waals surface area contributed by atoms with Crippen molar-refractivity contribution in [3.63, 3.8) is 0 Å². The highest BCUT2D eigenvalue weighted by Gasteiger charge is 2.13. The van der Waals surface area contributed by atoms with Crippen molar-refractivity contribution in [1.82, 2.24) is 9.78 Å². The average molecular weight is 436 g/mol. The van der Waals surface area contributed by atoms with E-state index in [4.69, 9.17) is 20.8 Å². The first-order valence-corrected chi connectivity index (χ1v) is 10.2. The molecule has 4 rings (SSSR count). The SMILES string of the molecule is Cc1cc(OCc2ccc(C(=O)Nc3ccn(Cc4ccccc4C)n3)o2)ccc1Cl. The number of rotatable bonds is 7. The Morgan fingerprint density at radius 3 is 2.74 bits per heavy atom. The molecule has 0 aliphatic heterocycles. The summed E-state index contributed by atoms with van der Waals surface area (Å²) in [4.78, 5) is 12.5. The molecular formula is C24H22ClN3O3. The van der Waals surface area contributed by atoms with E-state index in [9.17, 15) is 4.79 Å². The summed E-state index contributed by atoms with van der Waals surface area (Å²) in [6, 6.07) is 18.6. The van der Waals surface area contributed by atoms with Crippen molar-refractivity contribution in [3.05, 3.63) is 100 Å². The number of nitrogens with zero attached hydrogens (tertiary/aromatic N) is 2. The number of aromatic nitrogens is 2. The van der Waals surface area contributed by atoms with Crippen molar-refractivity contribution >= 4 is 23.3 Å². The van der Waals surface area contributed by atoms with Crippen LogP contribution >= 0.6 is 11.6 Å². The maximum atomic E-state index is 12.5. The third-order valence-corrected chi connectivity index (χ3v) is 5.30. The molecule has 0 saturated heterocycles. The normalized spacial score (nSPS) is 10.8. The summed E-state index contributed by atoms with van der Waals surface area (Å²) in [6.07, 6.45) is 1.83. The van der Waals surface area contributed by atoms with E-state index < -0.39 is 0 Å². The van der Waals surface area contributed by atoms with Gasteiger partial charge in [0.1, 0.15) is 18.1 Å². The lowest BCUT2D eigenvalue weighted by Gasteiger charge is -2.06. The Bertz CT molecular complexity index is 1210. The zero-order chi connectivity index (χ0) is 21.8. The molecule has 0 unspecified atom stereocenters. The van der Waals surface area contributed by atoms with Gasteiger partial charge >= 0.3 is 0 Å². The molecule has 31 heavy (non-hydrogen) atoms. The Labute approximate surface area is 185 Å². The smallest absolute Gasteiger partial charge is 0.292 e. The van der Waals surface area contributed by atoms with Crippen molar-refractivity contribution in [3.8, 4) is 5.75 Å². The lowest BCUT2D eigenvalue weighted by molar-refractivity contribution is 0.0992. The van der Waals surface area contributed by atoms with Crippen molar-refractivity contribution in [2.75, 3.05) is 5.32 Å². The molecule has 0 spiro atoms. The van der Waals surface area contributed by atoms with Crippen LogP contribution in [0.2, 0.25) is 5.02 Å². The van der Waals surface area contributed by atoms with E-state index in [-0.39, 0.29) is 18.3 Å². The molecule has 158 valence electrons. The van der Waals surface area contributed by atoms with Gasteiger partial charge in [-0.05, 0) is 60.9 Å².